The third kappa shape index (κ3) is 3.39. The van der Waals surface area contributed by atoms with E-state index in [1.54, 1.807) is 22.9 Å². The summed E-state index contributed by atoms with van der Waals surface area (Å²) in [7, 11) is 0. The van der Waals surface area contributed by atoms with Gasteiger partial charge in [0, 0.05) is 24.2 Å². The Kier molecular flexibility index (Phi) is 4.42. The molecular formula is C14H13ClN2O3. The number of nitrogens with zero attached hydrogens (tertiary/aromatic N) is 1. The van der Waals surface area contributed by atoms with Crippen molar-refractivity contribution in [2.75, 3.05) is 5.32 Å². The maximum Gasteiger partial charge on any atom is 0.226 e. The summed E-state index contributed by atoms with van der Waals surface area (Å²) in [5.41, 5.74) is 0.786. The summed E-state index contributed by atoms with van der Waals surface area (Å²) >= 11 is 5.79. The van der Waals surface area contributed by atoms with Crippen molar-refractivity contribution in [3.63, 3.8) is 0 Å². The molecule has 104 valence electrons. The van der Waals surface area contributed by atoms with E-state index in [1.807, 2.05) is 0 Å². The topological polar surface area (TPSA) is 71.3 Å². The first-order valence-electron chi connectivity index (χ1n) is 5.99. The zero-order valence-corrected chi connectivity index (χ0v) is 11.3. The molecule has 0 saturated carbocycles. The van der Waals surface area contributed by atoms with Crippen LogP contribution in [-0.4, -0.2) is 21.9 Å². The van der Waals surface area contributed by atoms with E-state index in [9.17, 15) is 14.7 Å². The van der Waals surface area contributed by atoms with E-state index >= 15 is 0 Å². The molecule has 1 aromatic carbocycles. The Balaban J connectivity index is 1.96. The molecule has 0 saturated heterocycles. The summed E-state index contributed by atoms with van der Waals surface area (Å²) < 4.78 is 1.68. The third-order valence-electron chi connectivity index (χ3n) is 2.80. The molecule has 0 aliphatic carbocycles. The first-order valence-corrected chi connectivity index (χ1v) is 6.36. The highest BCUT2D eigenvalue weighted by atomic mass is 35.5. The molecule has 0 bridgehead atoms. The van der Waals surface area contributed by atoms with E-state index < -0.39 is 0 Å². The van der Waals surface area contributed by atoms with Gasteiger partial charge in [0.05, 0.1) is 11.4 Å². The minimum Gasteiger partial charge on any atom is -0.506 e. The van der Waals surface area contributed by atoms with Gasteiger partial charge in [0.25, 0.3) is 0 Å². The highest BCUT2D eigenvalue weighted by molar-refractivity contribution is 6.31. The van der Waals surface area contributed by atoms with Crippen LogP contribution in [0.15, 0.2) is 36.5 Å². The Morgan fingerprint density at radius 3 is 2.95 bits per heavy atom. The smallest absolute Gasteiger partial charge is 0.226 e. The molecule has 0 unspecified atom stereocenters. The average Bonchev–Trinajstić information content (AvgIpc) is 2.88. The normalized spacial score (nSPS) is 10.2. The summed E-state index contributed by atoms with van der Waals surface area (Å²) in [6, 6.07) is 7.83. The Hall–Kier alpha value is -2.27. The van der Waals surface area contributed by atoms with Gasteiger partial charge in [-0.3, -0.25) is 9.59 Å². The summed E-state index contributed by atoms with van der Waals surface area (Å²) in [6.07, 6.45) is 2.65. The lowest BCUT2D eigenvalue weighted by Crippen LogP contribution is -2.15. The van der Waals surface area contributed by atoms with E-state index in [0.29, 0.717) is 17.3 Å². The Morgan fingerprint density at radius 2 is 2.20 bits per heavy atom. The van der Waals surface area contributed by atoms with Crippen LogP contribution in [0.4, 0.5) is 5.69 Å². The van der Waals surface area contributed by atoms with E-state index in [0.717, 1.165) is 6.29 Å². The van der Waals surface area contributed by atoms with Gasteiger partial charge in [0.2, 0.25) is 5.91 Å². The molecule has 20 heavy (non-hydrogen) atoms. The van der Waals surface area contributed by atoms with Crippen LogP contribution in [0.1, 0.15) is 16.9 Å². The van der Waals surface area contributed by atoms with Gasteiger partial charge < -0.3 is 15.0 Å². The number of halogens is 1. The number of hydrogen-bond acceptors (Lipinski definition) is 3. The van der Waals surface area contributed by atoms with Crippen molar-refractivity contribution in [2.24, 2.45) is 0 Å². The fraction of sp³-hybridized carbons (Fsp3) is 0.143. The lowest BCUT2D eigenvalue weighted by Gasteiger charge is -2.09. The van der Waals surface area contributed by atoms with Gasteiger partial charge >= 0.3 is 0 Å². The molecule has 1 heterocycles. The zero-order chi connectivity index (χ0) is 14.5. The number of benzene rings is 1. The number of rotatable bonds is 5. The number of aldehydes is 1. The van der Waals surface area contributed by atoms with Crippen molar-refractivity contribution >= 4 is 29.5 Å². The minimum atomic E-state index is -0.270. The molecule has 6 heteroatoms. The molecule has 0 fully saturated rings. The summed E-state index contributed by atoms with van der Waals surface area (Å²) in [5.74, 6) is -0.314. The number of amides is 1. The number of nitrogens with one attached hydrogen (secondary N) is 1. The SMILES string of the molecule is O=Cc1cccn1CCC(=O)Nc1cc(Cl)ccc1O. The molecule has 5 nitrogen and oxygen atoms in total. The second-order valence-corrected chi connectivity index (χ2v) is 4.64. The van der Waals surface area contributed by atoms with Crippen molar-refractivity contribution < 1.29 is 14.7 Å². The van der Waals surface area contributed by atoms with E-state index in [-0.39, 0.29) is 23.8 Å². The van der Waals surface area contributed by atoms with Gasteiger partial charge in [-0.25, -0.2) is 0 Å². The van der Waals surface area contributed by atoms with Crippen LogP contribution in [0.5, 0.6) is 5.75 Å². The van der Waals surface area contributed by atoms with Crippen molar-refractivity contribution in [2.45, 2.75) is 13.0 Å². The quantitative estimate of drug-likeness (QED) is 0.657. The fourth-order valence-electron chi connectivity index (χ4n) is 1.78. The number of anilines is 1. The Labute approximate surface area is 120 Å². The molecule has 2 aromatic rings. The summed E-state index contributed by atoms with van der Waals surface area (Å²) in [5, 5.41) is 12.6. The third-order valence-corrected chi connectivity index (χ3v) is 3.03. The zero-order valence-electron chi connectivity index (χ0n) is 10.5. The largest absolute Gasteiger partial charge is 0.506 e. The van der Waals surface area contributed by atoms with Crippen molar-refractivity contribution in [3.8, 4) is 5.75 Å². The van der Waals surface area contributed by atoms with Crippen molar-refractivity contribution in [1.29, 1.82) is 0 Å². The minimum absolute atomic E-state index is 0.0442. The number of phenols is 1. The second-order valence-electron chi connectivity index (χ2n) is 4.20. The van der Waals surface area contributed by atoms with Gasteiger partial charge in [-0.2, -0.15) is 0 Å². The molecule has 1 aromatic heterocycles. The predicted octanol–water partition coefficient (Wildman–Crippen LogP) is 2.69. The standard InChI is InChI=1S/C14H13ClN2O3/c15-10-3-4-13(19)12(8-10)16-14(20)5-7-17-6-1-2-11(17)9-18/h1-4,6,8-9,19H,5,7H2,(H,16,20). The molecule has 0 aliphatic heterocycles. The van der Waals surface area contributed by atoms with Crippen LogP contribution in [-0.2, 0) is 11.3 Å². The van der Waals surface area contributed by atoms with E-state index in [1.165, 1.54) is 18.2 Å². The molecular weight excluding hydrogens is 280 g/mol. The summed E-state index contributed by atoms with van der Waals surface area (Å²) in [4.78, 5) is 22.5. The van der Waals surface area contributed by atoms with Crippen molar-refractivity contribution in [1.82, 2.24) is 4.57 Å². The molecule has 0 aliphatic rings. The molecule has 0 spiro atoms. The first-order chi connectivity index (χ1) is 9.60. The number of carbonyl (C=O) groups excluding carboxylic acids is 2. The Bertz CT molecular complexity index is 637. The highest BCUT2D eigenvalue weighted by Crippen LogP contribution is 2.26. The maximum atomic E-state index is 11.8. The van der Waals surface area contributed by atoms with Crippen LogP contribution in [0.25, 0.3) is 0 Å². The second kappa shape index (κ2) is 6.25. The lowest BCUT2D eigenvalue weighted by atomic mass is 10.2. The monoisotopic (exact) mass is 292 g/mol. The number of aromatic hydroxyl groups is 1. The molecule has 2 N–H and O–H groups in total. The number of phenolic OH excluding ortho intramolecular Hbond substituents is 1. The van der Waals surface area contributed by atoms with Crippen molar-refractivity contribution in [3.05, 3.63) is 47.2 Å². The van der Waals surface area contributed by atoms with E-state index in [2.05, 4.69) is 5.32 Å². The van der Waals surface area contributed by atoms with Crippen LogP contribution >= 0.6 is 11.6 Å². The van der Waals surface area contributed by atoms with Crippen LogP contribution < -0.4 is 5.32 Å². The van der Waals surface area contributed by atoms with Crippen LogP contribution in [0, 0.1) is 0 Å². The van der Waals surface area contributed by atoms with Gasteiger partial charge in [0.1, 0.15) is 5.75 Å². The highest BCUT2D eigenvalue weighted by Gasteiger charge is 2.08. The van der Waals surface area contributed by atoms with Gasteiger partial charge in [-0.05, 0) is 30.3 Å². The molecule has 0 atom stereocenters. The van der Waals surface area contributed by atoms with Crippen LogP contribution in [0.2, 0.25) is 5.02 Å². The average molecular weight is 293 g/mol. The van der Waals surface area contributed by atoms with Gasteiger partial charge in [0.15, 0.2) is 6.29 Å². The molecule has 0 radical (unpaired) electrons. The first kappa shape index (κ1) is 14.1. The van der Waals surface area contributed by atoms with E-state index in [4.69, 9.17) is 11.6 Å². The number of hydrogen-bond donors (Lipinski definition) is 2. The lowest BCUT2D eigenvalue weighted by molar-refractivity contribution is -0.116. The predicted molar refractivity (Wildman–Crippen MR) is 76.2 cm³/mol. The fourth-order valence-corrected chi connectivity index (χ4v) is 1.95. The van der Waals surface area contributed by atoms with Crippen LogP contribution in [0.3, 0.4) is 0 Å². The van der Waals surface area contributed by atoms with Gasteiger partial charge in [-0.15, -0.1) is 0 Å². The maximum absolute atomic E-state index is 11.8. The number of aryl methyl sites for hydroxylation is 1. The Morgan fingerprint density at radius 1 is 1.40 bits per heavy atom. The number of carbonyl (C=O) groups is 2. The molecule has 2 rings (SSSR count). The molecule has 1 amide bonds. The van der Waals surface area contributed by atoms with Gasteiger partial charge in [-0.1, -0.05) is 11.6 Å². The summed E-state index contributed by atoms with van der Waals surface area (Å²) in [6.45, 7) is 0.383. The number of aromatic nitrogens is 1.